The number of halogens is 2. The van der Waals surface area contributed by atoms with Crippen molar-refractivity contribution in [2.45, 2.75) is 32.7 Å². The van der Waals surface area contributed by atoms with Crippen LogP contribution >= 0.6 is 31.9 Å². The van der Waals surface area contributed by atoms with Crippen molar-refractivity contribution in [3.8, 4) is 22.9 Å². The van der Waals surface area contributed by atoms with Gasteiger partial charge in [0.1, 0.15) is 12.4 Å². The van der Waals surface area contributed by atoms with E-state index in [1.54, 1.807) is 0 Å². The summed E-state index contributed by atoms with van der Waals surface area (Å²) in [7, 11) is 0. The van der Waals surface area contributed by atoms with Crippen molar-refractivity contribution in [2.75, 3.05) is 13.2 Å². The third-order valence-electron chi connectivity index (χ3n) is 5.25. The fraction of sp³-hybridized carbons (Fsp3) is 0.269. The predicted molar refractivity (Wildman–Crippen MR) is 138 cm³/mol. The molecule has 166 valence electrons. The maximum atomic E-state index is 6.12. The Balaban J connectivity index is 1.48. The molecule has 0 unspecified atom stereocenters. The second-order valence-electron chi connectivity index (χ2n) is 7.60. The summed E-state index contributed by atoms with van der Waals surface area (Å²) in [5, 5.41) is 7.06. The van der Waals surface area contributed by atoms with E-state index in [2.05, 4.69) is 69.1 Å². The summed E-state index contributed by atoms with van der Waals surface area (Å²) >= 11 is 7.23. The standard InChI is InChI=1S/C26H26Br2N2O2/c1-2-3-7-15-32-25-18-23(19-8-5-4-6-9-19)29-30(25)14-16-31-24-13-10-20-17-21(27)11-12-22(20)26(24)28/h4-6,8-13,17-18H,2-3,7,14-16H2,1H3. The van der Waals surface area contributed by atoms with E-state index in [9.17, 15) is 0 Å². The number of fused-ring (bicyclic) bond motifs is 1. The molecular formula is C26H26Br2N2O2. The molecule has 3 aromatic carbocycles. The highest BCUT2D eigenvalue weighted by atomic mass is 79.9. The Kier molecular flexibility index (Phi) is 7.87. The molecule has 1 aromatic heterocycles. The molecule has 0 spiro atoms. The highest BCUT2D eigenvalue weighted by molar-refractivity contribution is 9.11. The van der Waals surface area contributed by atoms with E-state index in [1.807, 2.05) is 41.1 Å². The highest BCUT2D eigenvalue weighted by Gasteiger charge is 2.12. The van der Waals surface area contributed by atoms with E-state index in [4.69, 9.17) is 14.6 Å². The van der Waals surface area contributed by atoms with Gasteiger partial charge in [-0.3, -0.25) is 0 Å². The van der Waals surface area contributed by atoms with Crippen LogP contribution in [0.5, 0.6) is 11.6 Å². The SMILES string of the molecule is CCCCCOc1cc(-c2ccccc2)nn1CCOc1ccc2cc(Br)ccc2c1Br. The molecule has 4 nitrogen and oxygen atoms in total. The van der Waals surface area contributed by atoms with Crippen LogP contribution in [-0.4, -0.2) is 23.0 Å². The highest BCUT2D eigenvalue weighted by Crippen LogP contribution is 2.34. The number of aromatic nitrogens is 2. The van der Waals surface area contributed by atoms with E-state index in [0.717, 1.165) is 55.4 Å². The zero-order chi connectivity index (χ0) is 22.3. The molecule has 4 rings (SSSR count). The third-order valence-corrected chi connectivity index (χ3v) is 6.56. The molecule has 0 aliphatic rings. The molecule has 0 aliphatic carbocycles. The molecule has 0 saturated heterocycles. The fourth-order valence-electron chi connectivity index (χ4n) is 3.55. The van der Waals surface area contributed by atoms with Gasteiger partial charge in [-0.2, -0.15) is 5.10 Å². The average molecular weight is 558 g/mol. The fourth-order valence-corrected chi connectivity index (χ4v) is 4.54. The monoisotopic (exact) mass is 556 g/mol. The summed E-state index contributed by atoms with van der Waals surface area (Å²) in [6, 6.07) is 22.5. The molecule has 0 amide bonds. The number of rotatable bonds is 10. The van der Waals surface area contributed by atoms with Gasteiger partial charge in [0.15, 0.2) is 0 Å². The van der Waals surface area contributed by atoms with Crippen LogP contribution in [-0.2, 0) is 6.54 Å². The summed E-state index contributed by atoms with van der Waals surface area (Å²) in [5.41, 5.74) is 1.99. The van der Waals surface area contributed by atoms with Gasteiger partial charge >= 0.3 is 0 Å². The predicted octanol–water partition coefficient (Wildman–Crippen LogP) is 7.88. The Hall–Kier alpha value is -2.31. The van der Waals surface area contributed by atoms with Crippen molar-refractivity contribution >= 4 is 42.6 Å². The van der Waals surface area contributed by atoms with Gasteiger partial charge in [0.05, 0.1) is 23.3 Å². The van der Waals surface area contributed by atoms with E-state index < -0.39 is 0 Å². The van der Waals surface area contributed by atoms with Crippen molar-refractivity contribution in [1.82, 2.24) is 9.78 Å². The molecular weight excluding hydrogens is 532 g/mol. The van der Waals surface area contributed by atoms with Gasteiger partial charge in [-0.15, -0.1) is 0 Å². The number of benzene rings is 3. The third kappa shape index (κ3) is 5.54. The van der Waals surface area contributed by atoms with Crippen LogP contribution in [0.2, 0.25) is 0 Å². The van der Waals surface area contributed by atoms with Gasteiger partial charge < -0.3 is 9.47 Å². The Morgan fingerprint density at radius 2 is 1.72 bits per heavy atom. The van der Waals surface area contributed by atoms with Gasteiger partial charge in [0, 0.05) is 16.1 Å². The minimum absolute atomic E-state index is 0.488. The first-order valence-corrected chi connectivity index (χ1v) is 12.5. The van der Waals surface area contributed by atoms with E-state index in [0.29, 0.717) is 19.8 Å². The van der Waals surface area contributed by atoms with Crippen LogP contribution in [0.4, 0.5) is 0 Å². The van der Waals surface area contributed by atoms with Crippen molar-refractivity contribution in [3.63, 3.8) is 0 Å². The first-order chi connectivity index (χ1) is 15.7. The minimum Gasteiger partial charge on any atom is -0.490 e. The molecule has 0 fully saturated rings. The van der Waals surface area contributed by atoms with E-state index >= 15 is 0 Å². The van der Waals surface area contributed by atoms with Crippen molar-refractivity contribution in [1.29, 1.82) is 0 Å². The number of ether oxygens (including phenoxy) is 2. The topological polar surface area (TPSA) is 36.3 Å². The molecule has 4 aromatic rings. The molecule has 1 heterocycles. The lowest BCUT2D eigenvalue weighted by Crippen LogP contribution is -2.12. The van der Waals surface area contributed by atoms with E-state index in [-0.39, 0.29) is 0 Å². The Morgan fingerprint density at radius 1 is 0.875 bits per heavy atom. The summed E-state index contributed by atoms with van der Waals surface area (Å²) in [6.07, 6.45) is 3.37. The van der Waals surface area contributed by atoms with Crippen LogP contribution in [0.25, 0.3) is 22.0 Å². The Labute approximate surface area is 205 Å². The summed E-state index contributed by atoms with van der Waals surface area (Å²) in [6.45, 7) is 3.97. The average Bonchev–Trinajstić information content (AvgIpc) is 3.22. The van der Waals surface area contributed by atoms with Crippen molar-refractivity contribution < 1.29 is 9.47 Å². The van der Waals surface area contributed by atoms with Crippen LogP contribution in [0.3, 0.4) is 0 Å². The molecule has 0 radical (unpaired) electrons. The summed E-state index contributed by atoms with van der Waals surface area (Å²) in [5.74, 6) is 1.60. The van der Waals surface area contributed by atoms with Gasteiger partial charge in [0.2, 0.25) is 5.88 Å². The first-order valence-electron chi connectivity index (χ1n) is 10.9. The lowest BCUT2D eigenvalue weighted by atomic mass is 10.1. The van der Waals surface area contributed by atoms with Gasteiger partial charge in [-0.1, -0.05) is 78.2 Å². The maximum absolute atomic E-state index is 6.12. The van der Waals surface area contributed by atoms with Crippen LogP contribution in [0, 0.1) is 0 Å². The smallest absolute Gasteiger partial charge is 0.212 e. The number of unbranched alkanes of at least 4 members (excludes halogenated alkanes) is 2. The largest absolute Gasteiger partial charge is 0.490 e. The van der Waals surface area contributed by atoms with Crippen molar-refractivity contribution in [3.05, 3.63) is 75.7 Å². The molecule has 0 aliphatic heterocycles. The van der Waals surface area contributed by atoms with Gasteiger partial charge in [-0.25, -0.2) is 4.68 Å². The lowest BCUT2D eigenvalue weighted by Gasteiger charge is -2.12. The van der Waals surface area contributed by atoms with Gasteiger partial charge in [0.25, 0.3) is 0 Å². The quantitative estimate of drug-likeness (QED) is 0.186. The molecule has 0 N–H and O–H groups in total. The molecule has 0 saturated carbocycles. The zero-order valence-corrected chi connectivity index (χ0v) is 21.2. The summed E-state index contributed by atoms with van der Waals surface area (Å²) in [4.78, 5) is 0. The molecule has 6 heteroatoms. The zero-order valence-electron chi connectivity index (χ0n) is 18.1. The minimum atomic E-state index is 0.488. The Bertz CT molecular complexity index is 1180. The Morgan fingerprint density at radius 3 is 2.53 bits per heavy atom. The van der Waals surface area contributed by atoms with E-state index in [1.165, 1.54) is 6.42 Å². The number of hydrogen-bond donors (Lipinski definition) is 0. The maximum Gasteiger partial charge on any atom is 0.212 e. The number of hydrogen-bond acceptors (Lipinski definition) is 3. The van der Waals surface area contributed by atoms with Crippen LogP contribution in [0.1, 0.15) is 26.2 Å². The summed E-state index contributed by atoms with van der Waals surface area (Å²) < 4.78 is 16.1. The second kappa shape index (κ2) is 11.0. The van der Waals surface area contributed by atoms with Gasteiger partial charge in [-0.05, 0) is 51.3 Å². The molecule has 0 bridgehead atoms. The number of nitrogens with zero attached hydrogens (tertiary/aromatic N) is 2. The van der Waals surface area contributed by atoms with Crippen molar-refractivity contribution in [2.24, 2.45) is 0 Å². The molecule has 0 atom stereocenters. The second-order valence-corrected chi connectivity index (χ2v) is 9.31. The molecule has 32 heavy (non-hydrogen) atoms. The van der Waals surface area contributed by atoms with Crippen LogP contribution < -0.4 is 9.47 Å². The first kappa shape index (κ1) is 22.9. The normalized spacial score (nSPS) is 11.1. The lowest BCUT2D eigenvalue weighted by molar-refractivity contribution is 0.248. The van der Waals surface area contributed by atoms with Crippen LogP contribution in [0.15, 0.2) is 75.7 Å².